The molecule has 0 fully saturated rings. The first kappa shape index (κ1) is 14.4. The molecule has 20 heavy (non-hydrogen) atoms. The normalized spacial score (nSPS) is 11.7. The topological polar surface area (TPSA) is 32.3 Å². The monoisotopic (exact) mass is 288 g/mol. The Morgan fingerprint density at radius 1 is 1.20 bits per heavy atom. The van der Waals surface area contributed by atoms with Crippen LogP contribution in [0.3, 0.4) is 0 Å². The third kappa shape index (κ3) is 3.75. The minimum Gasteiger partial charge on any atom is -0.372 e. The molecule has 1 N–H and O–H groups in total. The van der Waals surface area contributed by atoms with Gasteiger partial charge in [0.15, 0.2) is 0 Å². The van der Waals surface area contributed by atoms with E-state index in [-0.39, 0.29) is 6.04 Å². The third-order valence-electron chi connectivity index (χ3n) is 3.17. The number of anilines is 1. The molecule has 0 aliphatic carbocycles. The summed E-state index contributed by atoms with van der Waals surface area (Å²) in [6.45, 7) is 0.670. The van der Waals surface area contributed by atoms with Gasteiger partial charge in [-0.3, -0.25) is 4.79 Å². The molecule has 0 saturated heterocycles. The largest absolute Gasteiger partial charge is 0.372 e. The SMILES string of the molecule is CN(CC(NC=O)c1cccc(Cl)c1)c1ccccc1. The Balaban J connectivity index is 2.15. The number of hydrogen-bond acceptors (Lipinski definition) is 2. The van der Waals surface area contributed by atoms with Crippen LogP contribution < -0.4 is 10.2 Å². The molecule has 0 heterocycles. The molecular weight excluding hydrogens is 272 g/mol. The van der Waals surface area contributed by atoms with E-state index in [1.54, 1.807) is 0 Å². The quantitative estimate of drug-likeness (QED) is 0.828. The molecule has 1 amide bonds. The van der Waals surface area contributed by atoms with Gasteiger partial charge in [0.1, 0.15) is 0 Å². The van der Waals surface area contributed by atoms with Gasteiger partial charge in [-0.25, -0.2) is 0 Å². The number of para-hydroxylation sites is 1. The summed E-state index contributed by atoms with van der Waals surface area (Å²) in [5, 5.41) is 3.51. The maximum absolute atomic E-state index is 10.8. The first-order valence-corrected chi connectivity index (χ1v) is 6.80. The van der Waals surface area contributed by atoms with Gasteiger partial charge >= 0.3 is 0 Å². The van der Waals surface area contributed by atoms with Crippen molar-refractivity contribution in [2.24, 2.45) is 0 Å². The average molecular weight is 289 g/mol. The van der Waals surface area contributed by atoms with Crippen LogP contribution >= 0.6 is 11.6 Å². The Bertz CT molecular complexity index is 559. The fourth-order valence-electron chi connectivity index (χ4n) is 2.12. The number of amides is 1. The molecule has 0 aliphatic rings. The van der Waals surface area contributed by atoms with Crippen LogP contribution in [0.2, 0.25) is 5.02 Å². The van der Waals surface area contributed by atoms with E-state index in [0.29, 0.717) is 11.6 Å². The number of rotatable bonds is 6. The second kappa shape index (κ2) is 6.96. The predicted octanol–water partition coefficient (Wildman–Crippen LogP) is 3.26. The maximum Gasteiger partial charge on any atom is 0.207 e. The van der Waals surface area contributed by atoms with Gasteiger partial charge in [0, 0.05) is 24.3 Å². The smallest absolute Gasteiger partial charge is 0.207 e. The van der Waals surface area contributed by atoms with Gasteiger partial charge in [0.2, 0.25) is 6.41 Å². The summed E-state index contributed by atoms with van der Waals surface area (Å²) in [6, 6.07) is 17.5. The molecule has 0 aromatic heterocycles. The van der Waals surface area contributed by atoms with Crippen molar-refractivity contribution in [3.8, 4) is 0 Å². The number of benzene rings is 2. The van der Waals surface area contributed by atoms with Crippen LogP contribution in [0.5, 0.6) is 0 Å². The maximum atomic E-state index is 10.8. The molecule has 104 valence electrons. The summed E-state index contributed by atoms with van der Waals surface area (Å²) in [6.07, 6.45) is 0.727. The first-order chi connectivity index (χ1) is 9.70. The summed E-state index contributed by atoms with van der Waals surface area (Å²) in [5.41, 5.74) is 2.10. The van der Waals surface area contributed by atoms with E-state index in [1.165, 1.54) is 0 Å². The summed E-state index contributed by atoms with van der Waals surface area (Å²) in [7, 11) is 2.00. The van der Waals surface area contributed by atoms with Gasteiger partial charge in [-0.1, -0.05) is 41.9 Å². The standard InChI is InChI=1S/C16H17ClN2O/c1-19(15-8-3-2-4-9-15)11-16(18-12-20)13-6-5-7-14(17)10-13/h2-10,12,16H,11H2,1H3,(H,18,20). The van der Waals surface area contributed by atoms with Crippen molar-refractivity contribution in [3.63, 3.8) is 0 Å². The number of carbonyl (C=O) groups excluding carboxylic acids is 1. The molecule has 0 bridgehead atoms. The lowest BCUT2D eigenvalue weighted by molar-refractivity contribution is -0.110. The molecule has 2 rings (SSSR count). The zero-order valence-electron chi connectivity index (χ0n) is 11.3. The zero-order valence-corrected chi connectivity index (χ0v) is 12.0. The number of halogens is 1. The molecule has 0 spiro atoms. The molecule has 4 heteroatoms. The van der Waals surface area contributed by atoms with E-state index in [1.807, 2.05) is 61.6 Å². The van der Waals surface area contributed by atoms with E-state index < -0.39 is 0 Å². The minimum absolute atomic E-state index is 0.101. The molecule has 2 aromatic rings. The number of hydrogen-bond donors (Lipinski definition) is 1. The van der Waals surface area contributed by atoms with Gasteiger partial charge in [-0.15, -0.1) is 0 Å². The van der Waals surface area contributed by atoms with Gasteiger partial charge in [-0.05, 0) is 29.8 Å². The van der Waals surface area contributed by atoms with Gasteiger partial charge in [-0.2, -0.15) is 0 Å². The minimum atomic E-state index is -0.101. The molecule has 3 nitrogen and oxygen atoms in total. The second-order valence-corrected chi connectivity index (χ2v) is 5.04. The van der Waals surface area contributed by atoms with Crippen molar-refractivity contribution >= 4 is 23.7 Å². The Kier molecular flexibility index (Phi) is 5.02. The van der Waals surface area contributed by atoms with E-state index >= 15 is 0 Å². The average Bonchev–Trinajstić information content (AvgIpc) is 2.47. The fraction of sp³-hybridized carbons (Fsp3) is 0.188. The molecule has 0 saturated carbocycles. The number of nitrogens with one attached hydrogen (secondary N) is 1. The van der Waals surface area contributed by atoms with Crippen molar-refractivity contribution in [3.05, 3.63) is 65.2 Å². The first-order valence-electron chi connectivity index (χ1n) is 6.42. The lowest BCUT2D eigenvalue weighted by Crippen LogP contribution is -2.32. The van der Waals surface area contributed by atoms with Crippen molar-refractivity contribution < 1.29 is 4.79 Å². The van der Waals surface area contributed by atoms with E-state index in [4.69, 9.17) is 11.6 Å². The Labute approximate surface area is 124 Å². The Morgan fingerprint density at radius 2 is 1.95 bits per heavy atom. The van der Waals surface area contributed by atoms with Crippen LogP contribution in [0, 0.1) is 0 Å². The van der Waals surface area contributed by atoms with E-state index in [9.17, 15) is 4.79 Å². The molecule has 1 atom stereocenters. The Morgan fingerprint density at radius 3 is 2.60 bits per heavy atom. The lowest BCUT2D eigenvalue weighted by Gasteiger charge is -2.26. The fourth-order valence-corrected chi connectivity index (χ4v) is 2.32. The highest BCUT2D eigenvalue weighted by Crippen LogP contribution is 2.20. The predicted molar refractivity (Wildman–Crippen MR) is 83.1 cm³/mol. The number of nitrogens with zero attached hydrogens (tertiary/aromatic N) is 1. The molecule has 0 radical (unpaired) electrons. The Hall–Kier alpha value is -2.00. The van der Waals surface area contributed by atoms with E-state index in [2.05, 4.69) is 10.2 Å². The molecule has 0 aliphatic heterocycles. The summed E-state index contributed by atoms with van der Waals surface area (Å²) >= 11 is 6.01. The highest BCUT2D eigenvalue weighted by atomic mass is 35.5. The van der Waals surface area contributed by atoms with Crippen LogP contribution in [-0.4, -0.2) is 20.0 Å². The van der Waals surface area contributed by atoms with Crippen LogP contribution in [0.1, 0.15) is 11.6 Å². The van der Waals surface area contributed by atoms with Crippen molar-refractivity contribution in [2.75, 3.05) is 18.5 Å². The van der Waals surface area contributed by atoms with Crippen LogP contribution in [-0.2, 0) is 4.79 Å². The van der Waals surface area contributed by atoms with Crippen molar-refractivity contribution in [2.45, 2.75) is 6.04 Å². The second-order valence-electron chi connectivity index (χ2n) is 4.61. The van der Waals surface area contributed by atoms with Crippen molar-refractivity contribution in [1.29, 1.82) is 0 Å². The van der Waals surface area contributed by atoms with Gasteiger partial charge < -0.3 is 10.2 Å². The number of likely N-dealkylation sites (N-methyl/N-ethyl adjacent to an activating group) is 1. The van der Waals surface area contributed by atoms with Crippen LogP contribution in [0.4, 0.5) is 5.69 Å². The van der Waals surface area contributed by atoms with Crippen LogP contribution in [0.25, 0.3) is 0 Å². The lowest BCUT2D eigenvalue weighted by atomic mass is 10.1. The highest BCUT2D eigenvalue weighted by Gasteiger charge is 2.13. The van der Waals surface area contributed by atoms with Crippen molar-refractivity contribution in [1.82, 2.24) is 5.32 Å². The van der Waals surface area contributed by atoms with Gasteiger partial charge in [0.25, 0.3) is 0 Å². The highest BCUT2D eigenvalue weighted by molar-refractivity contribution is 6.30. The molecule has 1 unspecified atom stereocenters. The van der Waals surface area contributed by atoms with E-state index in [0.717, 1.165) is 17.7 Å². The van der Waals surface area contributed by atoms with Crippen LogP contribution in [0.15, 0.2) is 54.6 Å². The number of carbonyl (C=O) groups is 1. The summed E-state index contributed by atoms with van der Waals surface area (Å²) < 4.78 is 0. The zero-order chi connectivity index (χ0) is 14.4. The molecule has 2 aromatic carbocycles. The third-order valence-corrected chi connectivity index (χ3v) is 3.41. The molecular formula is C16H17ClN2O. The summed E-state index contributed by atoms with van der Waals surface area (Å²) in [4.78, 5) is 12.9. The summed E-state index contributed by atoms with van der Waals surface area (Å²) in [5.74, 6) is 0. The van der Waals surface area contributed by atoms with Gasteiger partial charge in [0.05, 0.1) is 6.04 Å².